The van der Waals surface area contributed by atoms with Gasteiger partial charge < -0.3 is 29.1 Å². The molecule has 2 fully saturated rings. The Hall–Kier alpha value is -5.12. The Morgan fingerprint density at radius 1 is 0.920 bits per heavy atom. The third-order valence-corrected chi connectivity index (χ3v) is 9.23. The number of aliphatic hydroxyl groups is 1. The Balaban J connectivity index is 0.924. The molecule has 4 atom stereocenters. The first kappa shape index (κ1) is 33.4. The summed E-state index contributed by atoms with van der Waals surface area (Å²) in [6.07, 6.45) is 3.11. The molecule has 262 valence electrons. The van der Waals surface area contributed by atoms with Crippen molar-refractivity contribution in [1.29, 1.82) is 0 Å². The number of ether oxygens (including phenoxy) is 3. The highest BCUT2D eigenvalue weighted by atomic mass is 19.1. The summed E-state index contributed by atoms with van der Waals surface area (Å²) in [4.78, 5) is 21.4. The van der Waals surface area contributed by atoms with Crippen molar-refractivity contribution in [3.8, 4) is 11.4 Å². The van der Waals surface area contributed by atoms with Gasteiger partial charge in [0.25, 0.3) is 0 Å². The van der Waals surface area contributed by atoms with Gasteiger partial charge in [-0.15, -0.1) is 0 Å². The Kier molecular flexibility index (Phi) is 9.35. The summed E-state index contributed by atoms with van der Waals surface area (Å²) in [6.45, 7) is 7.02. The SMILES string of the molecule is CC([C@H](C)O)n1ncn(-c2ccc(N3CCN(c4ccc(OC[C@H]5CO[C@](Cn6cncn6)(c6ccc(F)cc6F)O5)cc4)CC3)cc2)c1=O. The Bertz CT molecular complexity index is 1940. The molecule has 15 heteroatoms. The normalized spacial score (nSPS) is 20.6. The fourth-order valence-electron chi connectivity index (χ4n) is 6.25. The zero-order valence-electron chi connectivity index (χ0n) is 27.7. The maximum absolute atomic E-state index is 14.9. The minimum atomic E-state index is -1.52. The first-order valence-corrected chi connectivity index (χ1v) is 16.5. The van der Waals surface area contributed by atoms with E-state index in [1.165, 1.54) is 45.0 Å². The highest BCUT2D eigenvalue weighted by molar-refractivity contribution is 5.54. The van der Waals surface area contributed by atoms with E-state index in [0.29, 0.717) is 11.4 Å². The predicted molar refractivity (Wildman–Crippen MR) is 179 cm³/mol. The first-order chi connectivity index (χ1) is 24.2. The van der Waals surface area contributed by atoms with E-state index in [9.17, 15) is 18.7 Å². The molecular formula is C35H38F2N8O5. The van der Waals surface area contributed by atoms with E-state index in [1.807, 2.05) is 48.5 Å². The molecule has 0 bridgehead atoms. The summed E-state index contributed by atoms with van der Waals surface area (Å²) in [7, 11) is 0. The summed E-state index contributed by atoms with van der Waals surface area (Å²) >= 11 is 0. The van der Waals surface area contributed by atoms with Gasteiger partial charge in [0.1, 0.15) is 55.6 Å². The molecule has 2 saturated heterocycles. The molecule has 2 aliphatic heterocycles. The Morgan fingerprint density at radius 2 is 1.58 bits per heavy atom. The highest BCUT2D eigenvalue weighted by Crippen LogP contribution is 2.38. The summed E-state index contributed by atoms with van der Waals surface area (Å²) in [5.74, 6) is -2.33. The van der Waals surface area contributed by atoms with E-state index in [0.717, 1.165) is 43.6 Å². The second-order valence-corrected chi connectivity index (χ2v) is 12.5. The van der Waals surface area contributed by atoms with Crippen molar-refractivity contribution >= 4 is 11.4 Å². The second-order valence-electron chi connectivity index (χ2n) is 12.5. The van der Waals surface area contributed by atoms with E-state index in [2.05, 4.69) is 25.0 Å². The molecule has 13 nitrogen and oxygen atoms in total. The summed E-state index contributed by atoms with van der Waals surface area (Å²) < 4.78 is 51.1. The van der Waals surface area contributed by atoms with Gasteiger partial charge >= 0.3 is 5.69 Å². The number of aromatic nitrogens is 6. The van der Waals surface area contributed by atoms with Crippen LogP contribution in [0, 0.1) is 11.6 Å². The number of benzene rings is 3. The molecule has 5 aromatic rings. The summed E-state index contributed by atoms with van der Waals surface area (Å²) in [6, 6.07) is 18.5. The van der Waals surface area contributed by atoms with Gasteiger partial charge in [0.05, 0.1) is 24.4 Å². The van der Waals surface area contributed by atoms with Crippen molar-refractivity contribution in [2.24, 2.45) is 0 Å². The van der Waals surface area contributed by atoms with Crippen LogP contribution in [-0.2, 0) is 21.8 Å². The molecule has 1 unspecified atom stereocenters. The van der Waals surface area contributed by atoms with Crippen molar-refractivity contribution in [3.05, 3.63) is 113 Å². The summed E-state index contributed by atoms with van der Waals surface area (Å²) in [5.41, 5.74) is 2.64. The van der Waals surface area contributed by atoms with Gasteiger partial charge in [0, 0.05) is 49.2 Å². The van der Waals surface area contributed by atoms with Crippen molar-refractivity contribution in [1.82, 2.24) is 29.1 Å². The second kappa shape index (κ2) is 14.0. The predicted octanol–water partition coefficient (Wildman–Crippen LogP) is 3.52. The van der Waals surface area contributed by atoms with Crippen LogP contribution >= 0.6 is 0 Å². The smallest absolute Gasteiger partial charge is 0.350 e. The maximum Gasteiger partial charge on any atom is 0.350 e. The molecule has 0 radical (unpaired) electrons. The largest absolute Gasteiger partial charge is 0.491 e. The number of halogens is 2. The highest BCUT2D eigenvalue weighted by Gasteiger charge is 2.46. The van der Waals surface area contributed by atoms with Crippen LogP contribution in [0.4, 0.5) is 20.2 Å². The van der Waals surface area contributed by atoms with Gasteiger partial charge in [0.2, 0.25) is 5.79 Å². The van der Waals surface area contributed by atoms with Gasteiger partial charge in [0.15, 0.2) is 0 Å². The fourth-order valence-corrected chi connectivity index (χ4v) is 6.25. The number of piperazine rings is 1. The number of hydrogen-bond acceptors (Lipinski definition) is 10. The Labute approximate surface area is 286 Å². The molecule has 1 N–H and O–H groups in total. The number of nitrogens with zero attached hydrogens (tertiary/aromatic N) is 8. The van der Waals surface area contributed by atoms with E-state index in [4.69, 9.17) is 14.2 Å². The monoisotopic (exact) mass is 688 g/mol. The van der Waals surface area contributed by atoms with Crippen LogP contribution in [-0.4, -0.2) is 85.8 Å². The van der Waals surface area contributed by atoms with E-state index in [-0.39, 0.29) is 31.0 Å². The van der Waals surface area contributed by atoms with Crippen LogP contribution in [0.25, 0.3) is 5.69 Å². The van der Waals surface area contributed by atoms with Crippen molar-refractivity contribution in [2.45, 2.75) is 44.4 Å². The van der Waals surface area contributed by atoms with Crippen molar-refractivity contribution in [2.75, 3.05) is 49.2 Å². The third-order valence-electron chi connectivity index (χ3n) is 9.23. The van der Waals surface area contributed by atoms with E-state index in [1.54, 1.807) is 13.8 Å². The van der Waals surface area contributed by atoms with Gasteiger partial charge in [-0.3, -0.25) is 0 Å². The molecule has 0 saturated carbocycles. The molecule has 2 aromatic heterocycles. The number of hydrogen-bond donors (Lipinski definition) is 1. The third kappa shape index (κ3) is 6.84. The van der Waals surface area contributed by atoms with Crippen molar-refractivity contribution < 1.29 is 28.1 Å². The van der Waals surface area contributed by atoms with Gasteiger partial charge in [-0.1, -0.05) is 0 Å². The standard InChI is InChI=1S/C35H38F2N8O5/c1-24(25(2)46)45-34(47)44(23-40-45)29-6-4-27(5-7-29)41-13-15-42(16-14-41)28-8-10-30(11-9-28)48-18-31-19-49-35(50-31,20-43-22-38-21-39-43)32-12-3-26(36)17-33(32)37/h3-12,17,21-25,31,46H,13-16,18-20H2,1-2H3/t24?,25-,31-,35-/m0/s1. The van der Waals surface area contributed by atoms with Crippen LogP contribution in [0.2, 0.25) is 0 Å². The molecule has 0 amide bonds. The molecule has 2 aliphatic rings. The zero-order chi connectivity index (χ0) is 34.8. The quantitative estimate of drug-likeness (QED) is 0.221. The number of rotatable bonds is 11. The van der Waals surface area contributed by atoms with E-state index < -0.39 is 35.7 Å². The molecule has 0 spiro atoms. The number of anilines is 2. The molecule has 3 aromatic carbocycles. The number of aliphatic hydroxyl groups excluding tert-OH is 1. The molecular weight excluding hydrogens is 650 g/mol. The van der Waals surface area contributed by atoms with E-state index >= 15 is 0 Å². The van der Waals surface area contributed by atoms with Crippen LogP contribution in [0.15, 0.2) is 90.5 Å². The average Bonchev–Trinajstić information content (AvgIpc) is 3.88. The van der Waals surface area contributed by atoms with Crippen LogP contribution in [0.3, 0.4) is 0 Å². The summed E-state index contributed by atoms with van der Waals surface area (Å²) in [5, 5.41) is 18.1. The van der Waals surface area contributed by atoms with Gasteiger partial charge in [-0.05, 0) is 74.5 Å². The van der Waals surface area contributed by atoms with Crippen LogP contribution in [0.5, 0.6) is 5.75 Å². The minimum Gasteiger partial charge on any atom is -0.491 e. The van der Waals surface area contributed by atoms with Crippen LogP contribution < -0.4 is 20.2 Å². The topological polar surface area (TPSA) is 125 Å². The molecule has 4 heterocycles. The minimum absolute atomic E-state index is 0.0259. The van der Waals surface area contributed by atoms with Gasteiger partial charge in [-0.2, -0.15) is 10.2 Å². The fraction of sp³-hybridized carbons (Fsp3) is 0.371. The van der Waals surface area contributed by atoms with Crippen molar-refractivity contribution in [3.63, 3.8) is 0 Å². The lowest BCUT2D eigenvalue weighted by Crippen LogP contribution is -2.46. The molecule has 50 heavy (non-hydrogen) atoms. The molecule has 7 rings (SSSR count). The Morgan fingerprint density at radius 3 is 2.20 bits per heavy atom. The first-order valence-electron chi connectivity index (χ1n) is 16.5. The van der Waals surface area contributed by atoms with Gasteiger partial charge in [-0.25, -0.2) is 32.5 Å². The zero-order valence-corrected chi connectivity index (χ0v) is 27.7. The van der Waals surface area contributed by atoms with Crippen LogP contribution in [0.1, 0.15) is 25.5 Å². The molecule has 0 aliphatic carbocycles. The average molecular weight is 689 g/mol. The lowest BCUT2D eigenvalue weighted by Gasteiger charge is -2.37. The lowest BCUT2D eigenvalue weighted by atomic mass is 10.0. The maximum atomic E-state index is 14.9. The lowest BCUT2D eigenvalue weighted by molar-refractivity contribution is -0.192.